The molecule has 0 atom stereocenters. The van der Waals surface area contributed by atoms with Crippen LogP contribution in [0.15, 0.2) is 41.4 Å². The van der Waals surface area contributed by atoms with Gasteiger partial charge in [-0.2, -0.15) is 0 Å². The third-order valence-electron chi connectivity index (χ3n) is 4.89. The molecule has 1 heterocycles. The number of amides is 1. The molecule has 2 aromatic rings. The average Bonchev–Trinajstić information content (AvgIpc) is 3.03. The van der Waals surface area contributed by atoms with Crippen molar-refractivity contribution in [1.82, 2.24) is 10.6 Å². The number of fused-ring (bicyclic) bond motifs is 1. The number of methoxy groups -OCH3 is 1. The van der Waals surface area contributed by atoms with Crippen LogP contribution in [0, 0.1) is 6.92 Å². The van der Waals surface area contributed by atoms with Gasteiger partial charge in [0.15, 0.2) is 17.5 Å². The van der Waals surface area contributed by atoms with Gasteiger partial charge in [-0.1, -0.05) is 17.7 Å². The lowest BCUT2D eigenvalue weighted by molar-refractivity contribution is -0.119. The van der Waals surface area contributed by atoms with Crippen molar-refractivity contribution >= 4 is 17.6 Å². The number of benzene rings is 2. The fourth-order valence-electron chi connectivity index (χ4n) is 3.34. The molecule has 1 aliphatic heterocycles. The van der Waals surface area contributed by atoms with E-state index in [1.807, 2.05) is 37.3 Å². The molecule has 8 nitrogen and oxygen atoms in total. The van der Waals surface area contributed by atoms with Gasteiger partial charge in [-0.3, -0.25) is 4.79 Å². The van der Waals surface area contributed by atoms with Crippen LogP contribution < -0.4 is 30.2 Å². The van der Waals surface area contributed by atoms with Crippen LogP contribution in [0.4, 0.5) is 5.69 Å². The minimum Gasteiger partial charge on any atom is -0.496 e. The summed E-state index contributed by atoms with van der Waals surface area (Å²) in [6.45, 7) is 6.41. The Hall–Kier alpha value is -3.42. The fourth-order valence-corrected chi connectivity index (χ4v) is 3.34. The number of nitrogens with one attached hydrogen (secondary N) is 3. The smallest absolute Gasteiger partial charge is 0.241 e. The quantitative estimate of drug-likeness (QED) is 0.432. The number of hydrogen-bond acceptors (Lipinski definition) is 5. The Kier molecular flexibility index (Phi) is 8.60. The molecule has 2 aromatic carbocycles. The zero-order chi connectivity index (χ0) is 22.8. The first-order valence-corrected chi connectivity index (χ1v) is 10.9. The number of rotatable bonds is 8. The standard InChI is InChI=1S/C24H32N4O4/c1-4-25-23(29)16-27-24(26-11-10-18-14-17(2)6-8-20(18)30-3)28-19-7-9-21-22(15-19)32-13-5-12-31-21/h6-9,14-15H,4-5,10-13,16H2,1-3H3,(H,25,29)(H2,26,27,28). The first-order chi connectivity index (χ1) is 15.6. The second kappa shape index (κ2) is 11.8. The number of nitrogens with zero attached hydrogens (tertiary/aromatic N) is 1. The zero-order valence-corrected chi connectivity index (χ0v) is 19.0. The number of guanidine groups is 1. The second-order valence-electron chi connectivity index (χ2n) is 7.45. The number of aliphatic imine (C=N–C) groups is 1. The molecule has 0 bridgehead atoms. The van der Waals surface area contributed by atoms with E-state index < -0.39 is 0 Å². The number of ether oxygens (including phenoxy) is 3. The maximum Gasteiger partial charge on any atom is 0.241 e. The molecule has 3 N–H and O–H groups in total. The predicted octanol–water partition coefficient (Wildman–Crippen LogP) is 2.90. The molecule has 1 aliphatic rings. The van der Waals surface area contributed by atoms with Crippen molar-refractivity contribution < 1.29 is 19.0 Å². The molecule has 0 saturated carbocycles. The summed E-state index contributed by atoms with van der Waals surface area (Å²) < 4.78 is 16.9. The summed E-state index contributed by atoms with van der Waals surface area (Å²) >= 11 is 0. The molecule has 0 aliphatic carbocycles. The van der Waals surface area contributed by atoms with Gasteiger partial charge in [0.05, 0.1) is 20.3 Å². The van der Waals surface area contributed by atoms with Crippen molar-refractivity contribution in [2.75, 3.05) is 45.3 Å². The van der Waals surface area contributed by atoms with E-state index in [-0.39, 0.29) is 12.5 Å². The van der Waals surface area contributed by atoms with Crippen molar-refractivity contribution in [2.24, 2.45) is 4.99 Å². The van der Waals surface area contributed by atoms with Crippen LogP contribution in [-0.4, -0.2) is 51.8 Å². The summed E-state index contributed by atoms with van der Waals surface area (Å²) in [5.74, 6) is 2.66. The number of aryl methyl sites for hydroxylation is 1. The number of carbonyl (C=O) groups is 1. The van der Waals surface area contributed by atoms with Gasteiger partial charge in [-0.25, -0.2) is 4.99 Å². The number of likely N-dealkylation sites (N-methyl/N-ethyl adjacent to an activating group) is 1. The van der Waals surface area contributed by atoms with Crippen molar-refractivity contribution in [3.63, 3.8) is 0 Å². The lowest BCUT2D eigenvalue weighted by Crippen LogP contribution is -2.34. The molecular weight excluding hydrogens is 408 g/mol. The van der Waals surface area contributed by atoms with E-state index in [0.29, 0.717) is 38.0 Å². The Morgan fingerprint density at radius 3 is 2.69 bits per heavy atom. The summed E-state index contributed by atoms with van der Waals surface area (Å²) in [6, 6.07) is 11.8. The first-order valence-electron chi connectivity index (χ1n) is 10.9. The van der Waals surface area contributed by atoms with E-state index in [0.717, 1.165) is 35.6 Å². The number of hydrogen-bond donors (Lipinski definition) is 3. The van der Waals surface area contributed by atoms with Crippen LogP contribution in [0.3, 0.4) is 0 Å². The van der Waals surface area contributed by atoms with E-state index >= 15 is 0 Å². The van der Waals surface area contributed by atoms with Crippen molar-refractivity contribution in [3.8, 4) is 17.2 Å². The van der Waals surface area contributed by atoms with Gasteiger partial charge >= 0.3 is 0 Å². The Morgan fingerprint density at radius 2 is 1.91 bits per heavy atom. The van der Waals surface area contributed by atoms with E-state index in [2.05, 4.69) is 33.9 Å². The minimum atomic E-state index is -0.132. The normalized spacial score (nSPS) is 13.2. The second-order valence-corrected chi connectivity index (χ2v) is 7.45. The third kappa shape index (κ3) is 6.80. The highest BCUT2D eigenvalue weighted by atomic mass is 16.5. The summed E-state index contributed by atoms with van der Waals surface area (Å²) in [6.07, 6.45) is 1.59. The summed E-state index contributed by atoms with van der Waals surface area (Å²) in [5, 5.41) is 9.34. The monoisotopic (exact) mass is 440 g/mol. The molecule has 0 radical (unpaired) electrons. The van der Waals surface area contributed by atoms with E-state index in [4.69, 9.17) is 14.2 Å². The van der Waals surface area contributed by atoms with Gasteiger partial charge in [-0.15, -0.1) is 0 Å². The van der Waals surface area contributed by atoms with Gasteiger partial charge in [0, 0.05) is 31.3 Å². The maximum absolute atomic E-state index is 11.9. The highest BCUT2D eigenvalue weighted by Gasteiger charge is 2.12. The molecular formula is C24H32N4O4. The van der Waals surface area contributed by atoms with Gasteiger partial charge < -0.3 is 30.2 Å². The fraction of sp³-hybridized carbons (Fsp3) is 0.417. The van der Waals surface area contributed by atoms with Crippen molar-refractivity contribution in [2.45, 2.75) is 26.7 Å². The van der Waals surface area contributed by atoms with Gasteiger partial charge in [0.1, 0.15) is 12.3 Å². The van der Waals surface area contributed by atoms with Crippen LogP contribution in [0.1, 0.15) is 24.5 Å². The van der Waals surface area contributed by atoms with Crippen molar-refractivity contribution in [3.05, 3.63) is 47.5 Å². The largest absolute Gasteiger partial charge is 0.496 e. The molecule has 0 saturated heterocycles. The summed E-state index contributed by atoms with van der Waals surface area (Å²) in [4.78, 5) is 16.4. The highest BCUT2D eigenvalue weighted by molar-refractivity contribution is 5.95. The first kappa shape index (κ1) is 23.2. The Labute approximate surface area is 189 Å². The lowest BCUT2D eigenvalue weighted by Gasteiger charge is -2.15. The van der Waals surface area contributed by atoms with Crippen LogP contribution in [-0.2, 0) is 11.2 Å². The van der Waals surface area contributed by atoms with Crippen LogP contribution in [0.25, 0.3) is 0 Å². The van der Waals surface area contributed by atoms with E-state index in [1.165, 1.54) is 5.56 Å². The average molecular weight is 441 g/mol. The molecule has 172 valence electrons. The van der Waals surface area contributed by atoms with Gasteiger partial charge in [0.25, 0.3) is 0 Å². The van der Waals surface area contributed by atoms with E-state index in [9.17, 15) is 4.79 Å². The lowest BCUT2D eigenvalue weighted by atomic mass is 10.1. The molecule has 32 heavy (non-hydrogen) atoms. The molecule has 0 spiro atoms. The molecule has 0 aromatic heterocycles. The molecule has 8 heteroatoms. The van der Waals surface area contributed by atoms with Crippen LogP contribution in [0.2, 0.25) is 0 Å². The van der Waals surface area contributed by atoms with Crippen LogP contribution >= 0.6 is 0 Å². The topological polar surface area (TPSA) is 93.2 Å². The highest BCUT2D eigenvalue weighted by Crippen LogP contribution is 2.32. The van der Waals surface area contributed by atoms with Crippen molar-refractivity contribution in [1.29, 1.82) is 0 Å². The zero-order valence-electron chi connectivity index (χ0n) is 19.0. The van der Waals surface area contributed by atoms with Crippen LogP contribution in [0.5, 0.6) is 17.2 Å². The van der Waals surface area contributed by atoms with E-state index in [1.54, 1.807) is 7.11 Å². The Morgan fingerprint density at radius 1 is 1.09 bits per heavy atom. The summed E-state index contributed by atoms with van der Waals surface area (Å²) in [5.41, 5.74) is 3.08. The van der Waals surface area contributed by atoms with Gasteiger partial charge in [0.2, 0.25) is 5.91 Å². The Balaban J connectivity index is 1.69. The van der Waals surface area contributed by atoms with Gasteiger partial charge in [-0.05, 0) is 44.0 Å². The molecule has 1 amide bonds. The maximum atomic E-state index is 11.9. The SMILES string of the molecule is CCNC(=O)CN=C(NCCc1cc(C)ccc1OC)Nc1ccc2c(c1)OCCCO2. The minimum absolute atomic E-state index is 0.0293. The predicted molar refractivity (Wildman–Crippen MR) is 126 cm³/mol. The molecule has 3 rings (SSSR count). The summed E-state index contributed by atoms with van der Waals surface area (Å²) in [7, 11) is 1.67. The Bertz CT molecular complexity index is 946. The third-order valence-corrected chi connectivity index (χ3v) is 4.89. The number of carbonyl (C=O) groups excluding carboxylic acids is 1. The molecule has 0 fully saturated rings. The number of anilines is 1. The molecule has 0 unspecified atom stereocenters.